The molecule has 0 aliphatic rings. The number of hydrogen-bond donors (Lipinski definition) is 1. The summed E-state index contributed by atoms with van der Waals surface area (Å²) >= 11 is 0. The Morgan fingerprint density at radius 1 is 1.07 bits per heavy atom. The minimum absolute atomic E-state index is 0.0746. The highest BCUT2D eigenvalue weighted by molar-refractivity contribution is 7.84. The summed E-state index contributed by atoms with van der Waals surface area (Å²) in [6, 6.07) is 23.1. The maximum absolute atomic E-state index is 13.8. The Labute approximate surface area is 233 Å². The van der Waals surface area contributed by atoms with Crippen molar-refractivity contribution in [2.24, 2.45) is 7.05 Å². The molecule has 2 unspecified atom stereocenters. The van der Waals surface area contributed by atoms with Crippen LogP contribution in [0.15, 0.2) is 89.7 Å². The average Bonchev–Trinajstić information content (AvgIpc) is 3.57. The van der Waals surface area contributed by atoms with Gasteiger partial charge < -0.3 is 8.98 Å². The third-order valence-corrected chi connectivity index (χ3v) is 8.32. The normalized spacial score (nSPS) is 14.0. The van der Waals surface area contributed by atoms with E-state index in [1.165, 1.54) is 12.1 Å². The zero-order valence-electron chi connectivity index (χ0n) is 22.4. The monoisotopic (exact) mass is 553 g/mol. The lowest BCUT2D eigenvalue weighted by Gasteiger charge is -2.35. The van der Waals surface area contributed by atoms with Gasteiger partial charge in [0, 0.05) is 30.1 Å². The van der Waals surface area contributed by atoms with Crippen LogP contribution in [-0.2, 0) is 23.6 Å². The van der Waals surface area contributed by atoms with E-state index in [2.05, 4.69) is 15.8 Å². The lowest BCUT2D eigenvalue weighted by Crippen LogP contribution is -2.50. The van der Waals surface area contributed by atoms with E-state index in [1.54, 1.807) is 47.4 Å². The van der Waals surface area contributed by atoms with E-state index in [-0.39, 0.29) is 5.69 Å². The third-order valence-electron chi connectivity index (χ3n) is 6.72. The SMILES string of the molecule is Cn1cncc1C(NS(=O)C(C)(C)C)(c1ccc(C#N)cc1)c1cc2cc([N+](=O)[O-])cc(-c3ccccc3)c2o1. The van der Waals surface area contributed by atoms with Crippen molar-refractivity contribution < 1.29 is 13.5 Å². The molecule has 0 saturated heterocycles. The van der Waals surface area contributed by atoms with Crippen LogP contribution in [0.25, 0.3) is 22.1 Å². The zero-order chi connectivity index (χ0) is 28.7. The number of nitriles is 1. The van der Waals surface area contributed by atoms with Crippen molar-refractivity contribution in [3.8, 4) is 17.2 Å². The summed E-state index contributed by atoms with van der Waals surface area (Å²) in [5, 5.41) is 21.8. The molecule has 0 radical (unpaired) electrons. The molecule has 202 valence electrons. The molecule has 0 saturated carbocycles. The number of hydrogen-bond acceptors (Lipinski definition) is 6. The van der Waals surface area contributed by atoms with Crippen LogP contribution in [-0.4, -0.2) is 23.4 Å². The number of fused-ring (bicyclic) bond motifs is 1. The van der Waals surface area contributed by atoms with Crippen LogP contribution in [0, 0.1) is 21.4 Å². The number of aryl methyl sites for hydroxylation is 1. The summed E-state index contributed by atoms with van der Waals surface area (Å²) in [6.45, 7) is 5.58. The zero-order valence-corrected chi connectivity index (χ0v) is 23.2. The number of nitro benzene ring substituents is 1. The van der Waals surface area contributed by atoms with Crippen molar-refractivity contribution >= 4 is 27.6 Å². The number of non-ortho nitro benzene ring substituents is 1. The number of imidazole rings is 1. The van der Waals surface area contributed by atoms with Gasteiger partial charge in [0.25, 0.3) is 5.69 Å². The van der Waals surface area contributed by atoms with Gasteiger partial charge in [-0.25, -0.2) is 13.9 Å². The van der Waals surface area contributed by atoms with E-state index in [1.807, 2.05) is 58.2 Å². The molecule has 0 amide bonds. The highest BCUT2D eigenvalue weighted by Gasteiger charge is 2.45. The van der Waals surface area contributed by atoms with Crippen LogP contribution in [0.4, 0.5) is 5.69 Å². The van der Waals surface area contributed by atoms with Gasteiger partial charge in [-0.05, 0) is 50.1 Å². The van der Waals surface area contributed by atoms with Crippen LogP contribution < -0.4 is 4.72 Å². The molecular weight excluding hydrogens is 526 g/mol. The average molecular weight is 554 g/mol. The Hall–Kier alpha value is -4.59. The maximum Gasteiger partial charge on any atom is 0.270 e. The first kappa shape index (κ1) is 27.0. The van der Waals surface area contributed by atoms with Crippen LogP contribution >= 0.6 is 0 Å². The van der Waals surface area contributed by atoms with E-state index in [9.17, 15) is 19.6 Å². The Morgan fingerprint density at radius 3 is 2.35 bits per heavy atom. The number of nitrogens with one attached hydrogen (secondary N) is 1. The molecule has 9 nitrogen and oxygen atoms in total. The molecule has 10 heteroatoms. The van der Waals surface area contributed by atoms with Gasteiger partial charge in [-0.15, -0.1) is 0 Å². The second kappa shape index (κ2) is 10.2. The number of rotatable bonds is 7. The van der Waals surface area contributed by atoms with Crippen molar-refractivity contribution in [2.45, 2.75) is 31.1 Å². The first-order valence-electron chi connectivity index (χ1n) is 12.5. The predicted molar refractivity (Wildman–Crippen MR) is 154 cm³/mol. The van der Waals surface area contributed by atoms with Crippen LogP contribution in [0.3, 0.4) is 0 Å². The number of benzene rings is 3. The van der Waals surface area contributed by atoms with Gasteiger partial charge in [-0.1, -0.05) is 42.5 Å². The molecule has 0 fully saturated rings. The number of furan rings is 1. The van der Waals surface area contributed by atoms with Gasteiger partial charge in [0.2, 0.25) is 0 Å². The Balaban J connectivity index is 1.88. The Kier molecular flexibility index (Phi) is 6.87. The number of aromatic nitrogens is 2. The summed E-state index contributed by atoms with van der Waals surface area (Å²) < 4.78 is 24.9. The topological polar surface area (TPSA) is 127 Å². The molecule has 0 spiro atoms. The minimum Gasteiger partial charge on any atom is -0.458 e. The van der Waals surface area contributed by atoms with Gasteiger partial charge in [-0.2, -0.15) is 5.26 Å². The summed E-state index contributed by atoms with van der Waals surface area (Å²) in [5.41, 5.74) is 2.11. The molecule has 0 aliphatic carbocycles. The fraction of sp³-hybridized carbons (Fsp3) is 0.200. The summed E-state index contributed by atoms with van der Waals surface area (Å²) in [7, 11) is 0.218. The van der Waals surface area contributed by atoms with Gasteiger partial charge in [0.15, 0.2) is 5.54 Å². The van der Waals surface area contributed by atoms with Crippen molar-refractivity contribution in [2.75, 3.05) is 0 Å². The van der Waals surface area contributed by atoms with Crippen molar-refractivity contribution in [3.63, 3.8) is 0 Å². The summed E-state index contributed by atoms with van der Waals surface area (Å²) in [4.78, 5) is 15.8. The Morgan fingerprint density at radius 2 is 1.77 bits per heavy atom. The van der Waals surface area contributed by atoms with Gasteiger partial charge in [-0.3, -0.25) is 10.1 Å². The van der Waals surface area contributed by atoms with Crippen molar-refractivity contribution in [3.05, 3.63) is 118 Å². The number of nitrogens with zero attached hydrogens (tertiary/aromatic N) is 4. The van der Waals surface area contributed by atoms with E-state index < -0.39 is 26.2 Å². The molecule has 0 aliphatic heterocycles. The summed E-state index contributed by atoms with van der Waals surface area (Å²) in [5.74, 6) is 0.367. The molecule has 40 heavy (non-hydrogen) atoms. The molecule has 5 aromatic rings. The largest absolute Gasteiger partial charge is 0.458 e. The van der Waals surface area contributed by atoms with Gasteiger partial charge in [0.1, 0.15) is 11.3 Å². The van der Waals surface area contributed by atoms with E-state index in [4.69, 9.17) is 4.42 Å². The fourth-order valence-electron chi connectivity index (χ4n) is 4.64. The predicted octanol–water partition coefficient (Wildman–Crippen LogP) is 5.96. The van der Waals surface area contributed by atoms with E-state index >= 15 is 0 Å². The van der Waals surface area contributed by atoms with Crippen molar-refractivity contribution in [1.82, 2.24) is 14.3 Å². The molecular formula is C30H27N5O4S. The molecule has 5 rings (SSSR count). The van der Waals surface area contributed by atoms with Crippen LogP contribution in [0.1, 0.15) is 43.4 Å². The minimum atomic E-state index is -1.61. The highest BCUT2D eigenvalue weighted by atomic mass is 32.2. The van der Waals surface area contributed by atoms with E-state index in [0.717, 1.165) is 5.56 Å². The molecule has 2 atom stereocenters. The molecule has 2 heterocycles. The fourth-order valence-corrected chi connectivity index (χ4v) is 5.55. The lowest BCUT2D eigenvalue weighted by atomic mass is 9.84. The highest BCUT2D eigenvalue weighted by Crippen LogP contribution is 2.43. The Bertz CT molecular complexity index is 1780. The van der Waals surface area contributed by atoms with Gasteiger partial charge >= 0.3 is 0 Å². The number of nitro groups is 1. The summed E-state index contributed by atoms with van der Waals surface area (Å²) in [6.07, 6.45) is 3.30. The molecule has 0 bridgehead atoms. The van der Waals surface area contributed by atoms with Crippen LogP contribution in [0.2, 0.25) is 0 Å². The second-order valence-electron chi connectivity index (χ2n) is 10.5. The van der Waals surface area contributed by atoms with Crippen LogP contribution in [0.5, 0.6) is 0 Å². The standard InChI is InChI=1S/C30H27N5O4S/c1-29(2,3)40(38)33-30(26-18-32-19-34(26)4,23-12-10-20(17-31)11-13-23)27-15-22-14-24(35(36)37)16-25(28(22)39-27)21-8-6-5-7-9-21/h5-16,18-19,33H,1-4H3. The second-order valence-corrected chi connectivity index (χ2v) is 12.4. The van der Waals surface area contributed by atoms with E-state index in [0.29, 0.717) is 39.1 Å². The van der Waals surface area contributed by atoms with Gasteiger partial charge in [0.05, 0.1) is 50.5 Å². The first-order chi connectivity index (χ1) is 19.0. The molecule has 3 aromatic carbocycles. The maximum atomic E-state index is 13.8. The quantitative estimate of drug-likeness (QED) is 0.196. The smallest absolute Gasteiger partial charge is 0.270 e. The lowest BCUT2D eigenvalue weighted by molar-refractivity contribution is -0.384. The van der Waals surface area contributed by atoms with Crippen molar-refractivity contribution in [1.29, 1.82) is 5.26 Å². The third kappa shape index (κ3) is 4.70. The first-order valence-corrected chi connectivity index (χ1v) is 13.6. The molecule has 1 N–H and O–H groups in total. The molecule has 2 aromatic heterocycles.